The van der Waals surface area contributed by atoms with Crippen LogP contribution in [0.1, 0.15) is 69.4 Å². The number of nitrogens with one attached hydrogen (secondary N) is 1. The first-order chi connectivity index (χ1) is 19.3. The van der Waals surface area contributed by atoms with Crippen LogP contribution >= 0.6 is 11.3 Å². The van der Waals surface area contributed by atoms with Crippen LogP contribution < -0.4 is 5.32 Å². The topological polar surface area (TPSA) is 65.5 Å². The van der Waals surface area contributed by atoms with Crippen LogP contribution in [0.25, 0.3) is 11.1 Å². The zero-order chi connectivity index (χ0) is 28.1. The first-order valence-corrected chi connectivity index (χ1v) is 14.7. The lowest BCUT2D eigenvalue weighted by atomic mass is 9.94. The van der Waals surface area contributed by atoms with Crippen LogP contribution in [0.4, 0.5) is 13.2 Å². The van der Waals surface area contributed by atoms with Crippen molar-refractivity contribution in [2.24, 2.45) is 0 Å². The fourth-order valence-electron chi connectivity index (χ4n) is 5.44. The first kappa shape index (κ1) is 28.3. The number of rotatable bonds is 7. The van der Waals surface area contributed by atoms with Crippen molar-refractivity contribution >= 4 is 23.2 Å². The van der Waals surface area contributed by atoms with Crippen molar-refractivity contribution in [3.05, 3.63) is 75.7 Å². The second-order valence-electron chi connectivity index (χ2n) is 10.4. The normalized spacial score (nSPS) is 17.1. The maximum Gasteiger partial charge on any atom is 0.416 e. The zero-order valence-electron chi connectivity index (χ0n) is 22.3. The molecule has 1 N–H and O–H groups in total. The number of amides is 2. The van der Waals surface area contributed by atoms with Crippen molar-refractivity contribution in [2.45, 2.75) is 44.2 Å². The molecule has 0 aliphatic carbocycles. The minimum atomic E-state index is -4.41. The number of alkyl halides is 3. The van der Waals surface area contributed by atoms with Crippen LogP contribution in [0, 0.1) is 0 Å². The van der Waals surface area contributed by atoms with Crippen LogP contribution in [0.5, 0.6) is 0 Å². The Morgan fingerprint density at radius 3 is 2.35 bits per heavy atom. The average Bonchev–Trinajstić information content (AvgIpc) is 3.48. The number of nitrogens with zero attached hydrogens (tertiary/aromatic N) is 3. The Balaban J connectivity index is 1.16. The molecule has 5 rings (SSSR count). The summed E-state index contributed by atoms with van der Waals surface area (Å²) in [6.07, 6.45) is 0.787. The summed E-state index contributed by atoms with van der Waals surface area (Å²) in [4.78, 5) is 34.8. The quantitative estimate of drug-likeness (QED) is 0.375. The van der Waals surface area contributed by atoms with Crippen LogP contribution in [0.2, 0.25) is 0 Å². The third kappa shape index (κ3) is 6.72. The number of hydrogen-bond acceptors (Lipinski definition) is 5. The van der Waals surface area contributed by atoms with Gasteiger partial charge in [-0.1, -0.05) is 36.8 Å². The van der Waals surface area contributed by atoms with Gasteiger partial charge in [-0.15, -0.1) is 11.3 Å². The molecule has 3 aromatic rings. The molecule has 3 heterocycles. The number of likely N-dealkylation sites (tertiary alicyclic amines) is 2. The van der Waals surface area contributed by atoms with Gasteiger partial charge in [-0.3, -0.25) is 9.59 Å². The van der Waals surface area contributed by atoms with E-state index in [1.165, 1.54) is 42.7 Å². The van der Waals surface area contributed by atoms with Crippen LogP contribution in [0.15, 0.2) is 53.9 Å². The molecule has 40 heavy (non-hydrogen) atoms. The second kappa shape index (κ2) is 12.5. The summed E-state index contributed by atoms with van der Waals surface area (Å²) < 4.78 is 39.0. The monoisotopic (exact) mass is 570 g/mol. The van der Waals surface area contributed by atoms with Gasteiger partial charge < -0.3 is 15.1 Å². The standard InChI is InChI=1S/C30H33F3N4O2S/c31-30(32,33)23-10-8-21(9-11-23)24-6-2-3-7-25(24)29(39)37-17-12-22(13-18-37)28-35-26(20-40-28)27(38)34-14-19-36-15-4-1-5-16-36/h2-3,6-11,20,22H,1,4-5,12-19H2,(H,34,38). The molecule has 212 valence electrons. The molecule has 1 aromatic heterocycles. The van der Waals surface area contributed by atoms with Crippen molar-refractivity contribution in [3.8, 4) is 11.1 Å². The van der Waals surface area contributed by atoms with Gasteiger partial charge in [0, 0.05) is 43.0 Å². The lowest BCUT2D eigenvalue weighted by Gasteiger charge is -2.31. The van der Waals surface area contributed by atoms with Crippen molar-refractivity contribution in [3.63, 3.8) is 0 Å². The Kier molecular flexibility index (Phi) is 8.85. The van der Waals surface area contributed by atoms with E-state index in [9.17, 15) is 22.8 Å². The van der Waals surface area contributed by atoms with Crippen LogP contribution in [0.3, 0.4) is 0 Å². The predicted octanol–water partition coefficient (Wildman–Crippen LogP) is 6.06. The van der Waals surface area contributed by atoms with E-state index in [2.05, 4.69) is 15.2 Å². The molecule has 10 heteroatoms. The smallest absolute Gasteiger partial charge is 0.349 e. The number of halogens is 3. The molecule has 0 radical (unpaired) electrons. The van der Waals surface area contributed by atoms with Gasteiger partial charge >= 0.3 is 6.18 Å². The Labute approximate surface area is 236 Å². The van der Waals surface area contributed by atoms with Crippen molar-refractivity contribution in [1.82, 2.24) is 20.1 Å². The lowest BCUT2D eigenvalue weighted by molar-refractivity contribution is -0.137. The molecule has 0 bridgehead atoms. The van der Waals surface area contributed by atoms with Crippen molar-refractivity contribution in [1.29, 1.82) is 0 Å². The number of benzene rings is 2. The highest BCUT2D eigenvalue weighted by atomic mass is 32.1. The third-order valence-corrected chi connectivity index (χ3v) is 8.74. The Hall–Kier alpha value is -3.24. The number of carbonyl (C=O) groups is 2. The van der Waals surface area contributed by atoms with Gasteiger partial charge in [-0.05, 0) is 68.1 Å². The van der Waals surface area contributed by atoms with E-state index in [0.29, 0.717) is 42.0 Å². The average molecular weight is 571 g/mol. The fraction of sp³-hybridized carbons (Fsp3) is 0.433. The summed E-state index contributed by atoms with van der Waals surface area (Å²) in [7, 11) is 0. The van der Waals surface area contributed by atoms with Gasteiger partial charge in [-0.2, -0.15) is 13.2 Å². The highest BCUT2D eigenvalue weighted by Gasteiger charge is 2.31. The molecule has 0 spiro atoms. The molecule has 2 aromatic carbocycles. The van der Waals surface area contributed by atoms with E-state index in [0.717, 1.165) is 49.6 Å². The Bertz CT molecular complexity index is 1310. The number of piperidine rings is 2. The molecule has 0 unspecified atom stereocenters. The van der Waals surface area contributed by atoms with Crippen LogP contribution in [-0.2, 0) is 6.18 Å². The molecule has 0 atom stereocenters. The summed E-state index contributed by atoms with van der Waals surface area (Å²) in [5, 5.41) is 5.71. The number of hydrogen-bond donors (Lipinski definition) is 1. The fourth-order valence-corrected chi connectivity index (χ4v) is 6.41. The maximum atomic E-state index is 13.4. The summed E-state index contributed by atoms with van der Waals surface area (Å²) in [6.45, 7) is 4.75. The highest BCUT2D eigenvalue weighted by Crippen LogP contribution is 2.34. The SMILES string of the molecule is O=C(NCCN1CCCCC1)c1csc(C2CCN(C(=O)c3ccccc3-c3ccc(C(F)(F)F)cc3)CC2)n1. The largest absolute Gasteiger partial charge is 0.416 e. The van der Waals surface area contributed by atoms with Gasteiger partial charge in [0.25, 0.3) is 11.8 Å². The first-order valence-electron chi connectivity index (χ1n) is 13.8. The summed E-state index contributed by atoms with van der Waals surface area (Å²) in [6, 6.07) is 11.9. The Morgan fingerprint density at radius 2 is 1.65 bits per heavy atom. The maximum absolute atomic E-state index is 13.4. The van der Waals surface area contributed by atoms with Gasteiger partial charge in [0.2, 0.25) is 0 Å². The molecule has 2 aliphatic rings. The van der Waals surface area contributed by atoms with Gasteiger partial charge in [-0.25, -0.2) is 4.98 Å². The van der Waals surface area contributed by atoms with Gasteiger partial charge in [0.05, 0.1) is 10.6 Å². The Morgan fingerprint density at radius 1 is 0.950 bits per heavy atom. The van der Waals surface area contributed by atoms with E-state index in [4.69, 9.17) is 0 Å². The minimum absolute atomic E-state index is 0.137. The number of carbonyl (C=O) groups excluding carboxylic acids is 2. The molecule has 0 saturated carbocycles. The van der Waals surface area contributed by atoms with E-state index >= 15 is 0 Å². The molecular weight excluding hydrogens is 537 g/mol. The summed E-state index contributed by atoms with van der Waals surface area (Å²) in [5.74, 6) is -0.108. The summed E-state index contributed by atoms with van der Waals surface area (Å²) in [5.41, 5.74) is 1.37. The predicted molar refractivity (Wildman–Crippen MR) is 149 cm³/mol. The summed E-state index contributed by atoms with van der Waals surface area (Å²) >= 11 is 1.49. The number of thiazole rings is 1. The van der Waals surface area contributed by atoms with Crippen molar-refractivity contribution < 1.29 is 22.8 Å². The minimum Gasteiger partial charge on any atom is -0.349 e. The lowest BCUT2D eigenvalue weighted by Crippen LogP contribution is -2.38. The van der Waals surface area contributed by atoms with Crippen LogP contribution in [-0.4, -0.2) is 65.9 Å². The van der Waals surface area contributed by atoms with Crippen molar-refractivity contribution in [2.75, 3.05) is 39.3 Å². The van der Waals surface area contributed by atoms with Gasteiger partial charge in [0.1, 0.15) is 5.69 Å². The molecule has 2 aliphatic heterocycles. The molecular formula is C30H33F3N4O2S. The van der Waals surface area contributed by atoms with E-state index in [1.54, 1.807) is 29.2 Å². The van der Waals surface area contributed by atoms with E-state index in [-0.39, 0.29) is 17.7 Å². The molecule has 2 amide bonds. The second-order valence-corrected chi connectivity index (χ2v) is 11.3. The molecule has 6 nitrogen and oxygen atoms in total. The molecule has 2 fully saturated rings. The van der Waals surface area contributed by atoms with E-state index < -0.39 is 11.7 Å². The highest BCUT2D eigenvalue weighted by molar-refractivity contribution is 7.09. The third-order valence-electron chi connectivity index (χ3n) is 7.73. The van der Waals surface area contributed by atoms with E-state index in [1.807, 2.05) is 5.38 Å². The zero-order valence-corrected chi connectivity index (χ0v) is 23.1. The number of aromatic nitrogens is 1. The van der Waals surface area contributed by atoms with Gasteiger partial charge in [0.15, 0.2) is 0 Å². The molecule has 2 saturated heterocycles.